The third kappa shape index (κ3) is 2.11. The van der Waals surface area contributed by atoms with Crippen molar-refractivity contribution in [2.24, 2.45) is 29.6 Å². The maximum atomic E-state index is 12.7. The molecule has 4 bridgehead atoms. The summed E-state index contributed by atoms with van der Waals surface area (Å²) in [5.74, 6) is 3.92. The Labute approximate surface area is 120 Å². The Bertz CT molecular complexity index is 355. The normalized spacial score (nSPS) is 51.5. The summed E-state index contributed by atoms with van der Waals surface area (Å²) in [7, 11) is 0. The standard InChI is InChI=1S/C16H24ClNO/c17-13-2-1-3-14(13)18-16(19)15-11-5-9-4-10(7-11)8-12(15)6-9/h9-15H,1-8H2,(H,18,19). The number of amides is 1. The van der Waals surface area contributed by atoms with Gasteiger partial charge in [0, 0.05) is 12.0 Å². The summed E-state index contributed by atoms with van der Waals surface area (Å²) in [6.07, 6.45) is 10.0. The van der Waals surface area contributed by atoms with Crippen molar-refractivity contribution in [2.75, 3.05) is 0 Å². The minimum absolute atomic E-state index is 0.167. The number of halogens is 1. The highest BCUT2D eigenvalue weighted by Gasteiger charge is 2.51. The first-order chi connectivity index (χ1) is 9.20. The number of carbonyl (C=O) groups excluding carboxylic acids is 1. The second-order valence-electron chi connectivity index (χ2n) is 7.52. The Morgan fingerprint density at radius 2 is 1.58 bits per heavy atom. The fourth-order valence-corrected chi connectivity index (χ4v) is 6.05. The molecule has 0 radical (unpaired) electrons. The van der Waals surface area contributed by atoms with E-state index in [4.69, 9.17) is 11.6 Å². The molecule has 2 unspecified atom stereocenters. The fourth-order valence-electron chi connectivity index (χ4n) is 5.71. The molecule has 1 amide bonds. The lowest BCUT2D eigenvalue weighted by molar-refractivity contribution is -0.138. The van der Waals surface area contributed by atoms with Crippen LogP contribution < -0.4 is 5.32 Å². The molecule has 3 heteroatoms. The molecule has 0 aromatic rings. The van der Waals surface area contributed by atoms with Gasteiger partial charge in [0.25, 0.3) is 0 Å². The van der Waals surface area contributed by atoms with Gasteiger partial charge >= 0.3 is 0 Å². The summed E-state index contributed by atoms with van der Waals surface area (Å²) in [5, 5.41) is 3.45. The molecule has 5 aliphatic rings. The lowest BCUT2D eigenvalue weighted by Crippen LogP contribution is -2.53. The van der Waals surface area contributed by atoms with Gasteiger partial charge in [0.05, 0.1) is 5.38 Å². The molecule has 0 heterocycles. The highest BCUT2D eigenvalue weighted by Crippen LogP contribution is 2.56. The van der Waals surface area contributed by atoms with Gasteiger partial charge in [0.1, 0.15) is 0 Å². The van der Waals surface area contributed by atoms with Gasteiger partial charge in [0.2, 0.25) is 5.91 Å². The van der Waals surface area contributed by atoms with Crippen LogP contribution in [-0.4, -0.2) is 17.3 Å². The number of hydrogen-bond donors (Lipinski definition) is 1. The maximum absolute atomic E-state index is 12.7. The number of nitrogens with one attached hydrogen (secondary N) is 1. The van der Waals surface area contributed by atoms with Gasteiger partial charge in [0.15, 0.2) is 0 Å². The molecule has 0 aromatic carbocycles. The van der Waals surface area contributed by atoms with Gasteiger partial charge in [-0.05, 0) is 75.0 Å². The Morgan fingerprint density at radius 1 is 0.947 bits per heavy atom. The topological polar surface area (TPSA) is 29.1 Å². The van der Waals surface area contributed by atoms with E-state index >= 15 is 0 Å². The van der Waals surface area contributed by atoms with Crippen molar-refractivity contribution in [2.45, 2.75) is 62.8 Å². The largest absolute Gasteiger partial charge is 0.352 e. The zero-order valence-corrected chi connectivity index (χ0v) is 12.2. The van der Waals surface area contributed by atoms with E-state index in [1.165, 1.54) is 38.5 Å². The summed E-state index contributed by atoms with van der Waals surface area (Å²) >= 11 is 6.30. The SMILES string of the molecule is O=C(NC1CCCC1Cl)C1C2CC3CC(C2)CC1C3. The molecule has 5 rings (SSSR count). The zero-order valence-electron chi connectivity index (χ0n) is 11.5. The predicted molar refractivity (Wildman–Crippen MR) is 76.0 cm³/mol. The number of alkyl halides is 1. The molecular weight excluding hydrogens is 258 g/mol. The van der Waals surface area contributed by atoms with E-state index in [0.29, 0.717) is 23.7 Å². The number of rotatable bonds is 2. The van der Waals surface area contributed by atoms with Gasteiger partial charge in [-0.2, -0.15) is 0 Å². The lowest BCUT2D eigenvalue weighted by atomic mass is 9.51. The van der Waals surface area contributed by atoms with Crippen LogP contribution in [0.15, 0.2) is 0 Å². The predicted octanol–water partition coefficient (Wildman–Crippen LogP) is 3.33. The molecule has 5 aliphatic carbocycles. The first-order valence-electron chi connectivity index (χ1n) is 8.15. The average Bonchev–Trinajstić information content (AvgIpc) is 2.73. The van der Waals surface area contributed by atoms with Crippen LogP contribution in [0.3, 0.4) is 0 Å². The van der Waals surface area contributed by atoms with Crippen LogP contribution in [-0.2, 0) is 4.79 Å². The lowest BCUT2D eigenvalue weighted by Gasteiger charge is -2.53. The smallest absolute Gasteiger partial charge is 0.223 e. The molecule has 0 aromatic heterocycles. The monoisotopic (exact) mass is 281 g/mol. The Kier molecular flexibility index (Phi) is 3.06. The van der Waals surface area contributed by atoms with E-state index in [9.17, 15) is 4.79 Å². The molecule has 19 heavy (non-hydrogen) atoms. The maximum Gasteiger partial charge on any atom is 0.223 e. The Morgan fingerprint density at radius 3 is 2.11 bits per heavy atom. The summed E-state index contributed by atoms with van der Waals surface area (Å²) in [6.45, 7) is 0. The van der Waals surface area contributed by atoms with Gasteiger partial charge in [-0.3, -0.25) is 4.79 Å². The molecule has 0 aliphatic heterocycles. The number of hydrogen-bond acceptors (Lipinski definition) is 1. The summed E-state index contributed by atoms with van der Waals surface area (Å²) in [5.41, 5.74) is 0. The summed E-state index contributed by atoms with van der Waals surface area (Å²) in [6, 6.07) is 0.242. The average molecular weight is 282 g/mol. The van der Waals surface area contributed by atoms with Crippen LogP contribution in [0.4, 0.5) is 0 Å². The summed E-state index contributed by atoms with van der Waals surface area (Å²) in [4.78, 5) is 12.7. The molecule has 5 saturated carbocycles. The molecule has 5 fully saturated rings. The van der Waals surface area contributed by atoms with Crippen molar-refractivity contribution in [3.8, 4) is 0 Å². The van der Waals surface area contributed by atoms with Gasteiger partial charge in [-0.1, -0.05) is 0 Å². The van der Waals surface area contributed by atoms with Gasteiger partial charge in [-0.25, -0.2) is 0 Å². The quantitative estimate of drug-likeness (QED) is 0.773. The molecular formula is C16H24ClNO. The second kappa shape index (κ2) is 4.65. The van der Waals surface area contributed by atoms with Crippen LogP contribution in [0.5, 0.6) is 0 Å². The first kappa shape index (κ1) is 12.5. The number of carbonyl (C=O) groups is 1. The third-order valence-electron chi connectivity index (χ3n) is 6.29. The summed E-state index contributed by atoms with van der Waals surface area (Å²) < 4.78 is 0. The van der Waals surface area contributed by atoms with E-state index < -0.39 is 0 Å². The minimum atomic E-state index is 0.167. The van der Waals surface area contributed by atoms with E-state index in [2.05, 4.69) is 5.32 Å². The highest BCUT2D eigenvalue weighted by molar-refractivity contribution is 6.21. The van der Waals surface area contributed by atoms with E-state index in [-0.39, 0.29) is 11.4 Å². The Hall–Kier alpha value is -0.240. The van der Waals surface area contributed by atoms with Crippen LogP contribution in [0.2, 0.25) is 0 Å². The fraction of sp³-hybridized carbons (Fsp3) is 0.938. The van der Waals surface area contributed by atoms with Crippen LogP contribution in [0.1, 0.15) is 51.4 Å². The first-order valence-corrected chi connectivity index (χ1v) is 8.59. The molecule has 2 atom stereocenters. The van der Waals surface area contributed by atoms with Crippen molar-refractivity contribution in [3.63, 3.8) is 0 Å². The third-order valence-corrected chi connectivity index (χ3v) is 6.81. The van der Waals surface area contributed by atoms with E-state index in [1.807, 2.05) is 0 Å². The van der Waals surface area contributed by atoms with Crippen LogP contribution >= 0.6 is 11.6 Å². The van der Waals surface area contributed by atoms with Gasteiger partial charge in [-0.15, -0.1) is 11.6 Å². The Balaban J connectivity index is 1.45. The van der Waals surface area contributed by atoms with Crippen molar-refractivity contribution in [1.29, 1.82) is 0 Å². The zero-order chi connectivity index (χ0) is 13.0. The van der Waals surface area contributed by atoms with Crippen molar-refractivity contribution >= 4 is 17.5 Å². The second-order valence-corrected chi connectivity index (χ2v) is 8.08. The van der Waals surface area contributed by atoms with Crippen LogP contribution in [0, 0.1) is 29.6 Å². The van der Waals surface area contributed by atoms with Crippen LogP contribution in [0.25, 0.3) is 0 Å². The molecule has 2 nitrogen and oxygen atoms in total. The molecule has 1 N–H and O–H groups in total. The van der Waals surface area contributed by atoms with Crippen molar-refractivity contribution in [1.82, 2.24) is 5.32 Å². The van der Waals surface area contributed by atoms with Gasteiger partial charge < -0.3 is 5.32 Å². The van der Waals surface area contributed by atoms with Crippen molar-refractivity contribution < 1.29 is 4.79 Å². The van der Waals surface area contributed by atoms with E-state index in [0.717, 1.165) is 24.7 Å². The highest BCUT2D eigenvalue weighted by atomic mass is 35.5. The molecule has 0 saturated heterocycles. The molecule has 106 valence electrons. The molecule has 0 spiro atoms. The van der Waals surface area contributed by atoms with E-state index in [1.54, 1.807) is 0 Å². The minimum Gasteiger partial charge on any atom is -0.352 e. The van der Waals surface area contributed by atoms with Crippen molar-refractivity contribution in [3.05, 3.63) is 0 Å².